The van der Waals surface area contributed by atoms with Crippen molar-refractivity contribution in [2.45, 2.75) is 33.3 Å². The van der Waals surface area contributed by atoms with Crippen LogP contribution in [0.5, 0.6) is 5.75 Å². The third-order valence-corrected chi connectivity index (χ3v) is 4.49. The molecule has 1 aliphatic rings. The Morgan fingerprint density at radius 1 is 1.00 bits per heavy atom. The van der Waals surface area contributed by atoms with Crippen LogP contribution in [-0.4, -0.2) is 30.4 Å². The molecule has 1 aliphatic heterocycles. The van der Waals surface area contributed by atoms with Crippen LogP contribution < -0.4 is 20.3 Å². The van der Waals surface area contributed by atoms with E-state index in [1.165, 1.54) is 6.92 Å². The van der Waals surface area contributed by atoms with Gasteiger partial charge >= 0.3 is 0 Å². The molecule has 0 bridgehead atoms. The van der Waals surface area contributed by atoms with E-state index in [1.807, 2.05) is 38.1 Å². The molecule has 1 unspecified atom stereocenters. The number of anilines is 3. The van der Waals surface area contributed by atoms with E-state index >= 15 is 0 Å². The van der Waals surface area contributed by atoms with E-state index in [0.717, 1.165) is 11.4 Å². The van der Waals surface area contributed by atoms with E-state index in [0.29, 0.717) is 17.9 Å². The highest BCUT2D eigenvalue weighted by Crippen LogP contribution is 2.28. The van der Waals surface area contributed by atoms with E-state index in [4.69, 9.17) is 4.74 Å². The fourth-order valence-corrected chi connectivity index (χ4v) is 3.19. The number of benzene rings is 2. The number of ether oxygens (including phenoxy) is 1. The number of carbonyl (C=O) groups excluding carboxylic acids is 3. The smallest absolute Gasteiger partial charge is 0.229 e. The Labute approximate surface area is 170 Å². The second kappa shape index (κ2) is 8.77. The molecule has 2 aromatic carbocycles. The third kappa shape index (κ3) is 5.34. The van der Waals surface area contributed by atoms with Crippen LogP contribution in [0.25, 0.3) is 0 Å². The second-order valence-electron chi connectivity index (χ2n) is 7.31. The van der Waals surface area contributed by atoms with E-state index in [-0.39, 0.29) is 30.2 Å². The summed E-state index contributed by atoms with van der Waals surface area (Å²) in [6.45, 7) is 5.67. The molecule has 1 atom stereocenters. The maximum absolute atomic E-state index is 12.6. The van der Waals surface area contributed by atoms with Gasteiger partial charge in [-0.05, 0) is 62.4 Å². The summed E-state index contributed by atoms with van der Waals surface area (Å²) in [4.78, 5) is 37.7. The molecule has 0 radical (unpaired) electrons. The Bertz CT molecular complexity index is 891. The van der Waals surface area contributed by atoms with Gasteiger partial charge in [0.05, 0.1) is 12.0 Å². The molecule has 3 amide bonds. The van der Waals surface area contributed by atoms with Crippen LogP contribution in [-0.2, 0) is 14.4 Å². The van der Waals surface area contributed by atoms with Crippen LogP contribution in [0.15, 0.2) is 48.5 Å². The van der Waals surface area contributed by atoms with Crippen LogP contribution >= 0.6 is 0 Å². The number of hydrogen-bond acceptors (Lipinski definition) is 4. The Morgan fingerprint density at radius 3 is 2.14 bits per heavy atom. The minimum atomic E-state index is -0.427. The largest absolute Gasteiger partial charge is 0.491 e. The predicted octanol–water partition coefficient (Wildman–Crippen LogP) is 3.42. The maximum atomic E-state index is 12.6. The highest BCUT2D eigenvalue weighted by atomic mass is 16.5. The number of amides is 3. The molecular weight excluding hydrogens is 370 g/mol. The zero-order valence-electron chi connectivity index (χ0n) is 16.8. The Morgan fingerprint density at radius 2 is 1.59 bits per heavy atom. The first kappa shape index (κ1) is 20.4. The molecule has 0 aromatic heterocycles. The third-order valence-electron chi connectivity index (χ3n) is 4.49. The molecule has 1 saturated heterocycles. The first-order chi connectivity index (χ1) is 13.8. The first-order valence-electron chi connectivity index (χ1n) is 9.57. The van der Waals surface area contributed by atoms with Crippen molar-refractivity contribution in [3.05, 3.63) is 48.5 Å². The molecule has 3 rings (SSSR count). The average Bonchev–Trinajstić information content (AvgIpc) is 3.05. The van der Waals surface area contributed by atoms with Crippen molar-refractivity contribution < 1.29 is 19.1 Å². The standard InChI is InChI=1S/C22H25N3O4/c1-14(2)29-20-10-8-19(9-11-20)25-13-16(12-21(25)27)22(28)24-18-6-4-17(5-7-18)23-15(3)26/h4-11,14,16H,12-13H2,1-3H3,(H,23,26)(H,24,28). The first-order valence-corrected chi connectivity index (χ1v) is 9.57. The lowest BCUT2D eigenvalue weighted by Gasteiger charge is -2.18. The van der Waals surface area contributed by atoms with Crippen molar-refractivity contribution in [2.24, 2.45) is 5.92 Å². The zero-order chi connectivity index (χ0) is 21.0. The second-order valence-corrected chi connectivity index (χ2v) is 7.31. The van der Waals surface area contributed by atoms with Gasteiger partial charge < -0.3 is 20.3 Å². The summed E-state index contributed by atoms with van der Waals surface area (Å²) in [5.41, 5.74) is 2.02. The van der Waals surface area contributed by atoms with Gasteiger partial charge in [0.2, 0.25) is 17.7 Å². The van der Waals surface area contributed by atoms with Crippen LogP contribution in [0, 0.1) is 5.92 Å². The number of hydrogen-bond donors (Lipinski definition) is 2. The fraction of sp³-hybridized carbons (Fsp3) is 0.318. The minimum Gasteiger partial charge on any atom is -0.491 e. The summed E-state index contributed by atoms with van der Waals surface area (Å²) in [7, 11) is 0. The molecule has 29 heavy (non-hydrogen) atoms. The summed E-state index contributed by atoms with van der Waals surface area (Å²) >= 11 is 0. The van der Waals surface area contributed by atoms with E-state index in [9.17, 15) is 14.4 Å². The molecular formula is C22H25N3O4. The fourth-order valence-electron chi connectivity index (χ4n) is 3.19. The van der Waals surface area contributed by atoms with Crippen molar-refractivity contribution in [3.63, 3.8) is 0 Å². The SMILES string of the molecule is CC(=O)Nc1ccc(NC(=O)C2CC(=O)N(c3ccc(OC(C)C)cc3)C2)cc1. The number of nitrogens with one attached hydrogen (secondary N) is 2. The molecule has 1 heterocycles. The van der Waals surface area contributed by atoms with Gasteiger partial charge in [-0.25, -0.2) is 0 Å². The lowest BCUT2D eigenvalue weighted by molar-refractivity contribution is -0.122. The Balaban J connectivity index is 1.60. The molecule has 2 N–H and O–H groups in total. The normalized spacial score (nSPS) is 16.1. The van der Waals surface area contributed by atoms with Crippen LogP contribution in [0.1, 0.15) is 27.2 Å². The average molecular weight is 395 g/mol. The van der Waals surface area contributed by atoms with Gasteiger partial charge in [-0.3, -0.25) is 14.4 Å². The Kier molecular flexibility index (Phi) is 6.16. The van der Waals surface area contributed by atoms with Gasteiger partial charge in [0.1, 0.15) is 5.75 Å². The topological polar surface area (TPSA) is 87.7 Å². The highest BCUT2D eigenvalue weighted by molar-refractivity contribution is 6.03. The van der Waals surface area contributed by atoms with Gasteiger partial charge in [-0.1, -0.05) is 0 Å². The van der Waals surface area contributed by atoms with E-state index in [2.05, 4.69) is 10.6 Å². The molecule has 7 nitrogen and oxygen atoms in total. The van der Waals surface area contributed by atoms with Crippen molar-refractivity contribution in [1.82, 2.24) is 0 Å². The number of rotatable bonds is 6. The van der Waals surface area contributed by atoms with E-state index in [1.54, 1.807) is 29.2 Å². The summed E-state index contributed by atoms with van der Waals surface area (Å²) in [6.07, 6.45) is 0.245. The van der Waals surface area contributed by atoms with Gasteiger partial charge in [0.15, 0.2) is 0 Å². The van der Waals surface area contributed by atoms with Gasteiger partial charge in [-0.15, -0.1) is 0 Å². The lowest BCUT2D eigenvalue weighted by Crippen LogP contribution is -2.28. The molecule has 0 aliphatic carbocycles. The molecule has 7 heteroatoms. The predicted molar refractivity (Wildman–Crippen MR) is 112 cm³/mol. The summed E-state index contributed by atoms with van der Waals surface area (Å²) in [5, 5.41) is 5.51. The highest BCUT2D eigenvalue weighted by Gasteiger charge is 2.35. The molecule has 152 valence electrons. The van der Waals surface area contributed by atoms with E-state index < -0.39 is 5.92 Å². The Hall–Kier alpha value is -3.35. The van der Waals surface area contributed by atoms with Crippen molar-refractivity contribution in [2.75, 3.05) is 22.1 Å². The van der Waals surface area contributed by atoms with Crippen LogP contribution in [0.4, 0.5) is 17.1 Å². The molecule has 0 spiro atoms. The number of carbonyl (C=O) groups is 3. The lowest BCUT2D eigenvalue weighted by atomic mass is 10.1. The summed E-state index contributed by atoms with van der Waals surface area (Å²) < 4.78 is 5.62. The molecule has 2 aromatic rings. The monoisotopic (exact) mass is 395 g/mol. The van der Waals surface area contributed by atoms with Crippen molar-refractivity contribution in [3.8, 4) is 5.75 Å². The maximum Gasteiger partial charge on any atom is 0.229 e. The van der Waals surface area contributed by atoms with Crippen molar-refractivity contribution in [1.29, 1.82) is 0 Å². The van der Waals surface area contributed by atoms with Crippen LogP contribution in [0.3, 0.4) is 0 Å². The van der Waals surface area contributed by atoms with Gasteiger partial charge in [-0.2, -0.15) is 0 Å². The molecule has 0 saturated carbocycles. The zero-order valence-corrected chi connectivity index (χ0v) is 16.8. The minimum absolute atomic E-state index is 0.0784. The quantitative estimate of drug-likeness (QED) is 0.784. The van der Waals surface area contributed by atoms with Gasteiger partial charge in [0.25, 0.3) is 0 Å². The van der Waals surface area contributed by atoms with Gasteiger partial charge in [0, 0.05) is 37.0 Å². The number of nitrogens with zero attached hydrogens (tertiary/aromatic N) is 1. The van der Waals surface area contributed by atoms with Crippen LogP contribution in [0.2, 0.25) is 0 Å². The summed E-state index contributed by atoms with van der Waals surface area (Å²) in [6, 6.07) is 14.2. The molecule has 1 fully saturated rings. The summed E-state index contributed by atoms with van der Waals surface area (Å²) in [5.74, 6) is -0.122. The van der Waals surface area contributed by atoms with Crippen molar-refractivity contribution >= 4 is 34.8 Å².